The Hall–Kier alpha value is 1.77. The van der Waals surface area contributed by atoms with Crippen LogP contribution in [0.15, 0.2) is 0 Å². The molecule has 0 aromatic carbocycles. The quantitative estimate of drug-likeness (QED) is 0.418. The average Bonchev–Trinajstić information content (AvgIpc) is 2.12. The summed E-state index contributed by atoms with van der Waals surface area (Å²) >= 11 is -0.00810. The minimum Gasteiger partial charge on any atom is -1.00 e. The van der Waals surface area contributed by atoms with E-state index in [-0.39, 0.29) is 60.1 Å². The Bertz CT molecular complexity index is 114. The predicted octanol–water partition coefficient (Wildman–Crippen LogP) is -3.51. The summed E-state index contributed by atoms with van der Waals surface area (Å²) < 4.78 is 4.76. The maximum absolute atomic E-state index is 2.38. The van der Waals surface area contributed by atoms with Crippen molar-refractivity contribution in [3.63, 3.8) is 0 Å². The summed E-state index contributed by atoms with van der Waals surface area (Å²) in [5.74, 6) is 1.83. The smallest absolute Gasteiger partial charge is 1.00 e. The number of rotatable bonds is 6. The molecule has 6 heteroatoms. The molecule has 0 fully saturated rings. The maximum atomic E-state index is 2.38. The third-order valence-electron chi connectivity index (χ3n) is 1.88. The molecule has 0 N–H and O–H groups in total. The fourth-order valence-corrected chi connectivity index (χ4v) is 4.38. The van der Waals surface area contributed by atoms with Crippen LogP contribution < -0.4 is 24.8 Å². The minimum absolute atomic E-state index is 0. The summed E-state index contributed by atoms with van der Waals surface area (Å²) in [6.07, 6.45) is 0. The predicted molar refractivity (Wildman–Crippen MR) is 78.2 cm³/mol. The van der Waals surface area contributed by atoms with Gasteiger partial charge >= 0.3 is 120 Å². The Balaban J connectivity index is -0.0000000980. The summed E-state index contributed by atoms with van der Waals surface area (Å²) in [7, 11) is 8.73. The van der Waals surface area contributed by atoms with Crippen LogP contribution in [-0.4, -0.2) is 70.7 Å². The van der Waals surface area contributed by atoms with Crippen molar-refractivity contribution in [2.75, 3.05) is 28.2 Å². The molecular weight excluding hydrogens is 382 g/mol. The summed E-state index contributed by atoms with van der Waals surface area (Å²) in [4.78, 5) is 2.94. The van der Waals surface area contributed by atoms with Gasteiger partial charge in [-0.05, 0) is 0 Å². The van der Waals surface area contributed by atoms with E-state index in [9.17, 15) is 0 Å². The first-order chi connectivity index (χ1) is 7.25. The summed E-state index contributed by atoms with van der Waals surface area (Å²) in [6, 6.07) is 0. The first-order valence-corrected chi connectivity index (χ1v) is 11.8. The van der Waals surface area contributed by atoms with Crippen molar-refractivity contribution >= 4 is 35.3 Å². The molecule has 0 bridgehead atoms. The second-order valence-corrected chi connectivity index (χ2v) is 13.4. The van der Waals surface area contributed by atoms with Gasteiger partial charge in [-0.3, -0.25) is 0 Å². The van der Waals surface area contributed by atoms with E-state index in [1.54, 1.807) is 0 Å². The summed E-state index contributed by atoms with van der Waals surface area (Å²) in [5, 5.41) is 0. The zero-order valence-electron chi connectivity index (χ0n) is 13.4. The standard InChI is InChI=1S/2C4H9.2C2H6N.2ClH.2Ga/c2*1-4(2)3;2*1-3-2;;;;/h2*4H,1H2,2-3H3;2*1-2H3;2*1H;;/q;;2*-1;;;2*+2/p-2. The van der Waals surface area contributed by atoms with Crippen LogP contribution in [0.25, 0.3) is 0 Å². The van der Waals surface area contributed by atoms with Gasteiger partial charge < -0.3 is 24.8 Å². The van der Waals surface area contributed by atoms with Gasteiger partial charge in [0.05, 0.1) is 0 Å². The van der Waals surface area contributed by atoms with E-state index in [1.807, 2.05) is 0 Å². The van der Waals surface area contributed by atoms with Gasteiger partial charge in [-0.2, -0.15) is 0 Å². The van der Waals surface area contributed by atoms with Gasteiger partial charge in [-0.1, -0.05) is 0 Å². The number of halogens is 2. The van der Waals surface area contributed by atoms with E-state index in [1.165, 1.54) is 9.95 Å². The molecule has 0 atom stereocenters. The van der Waals surface area contributed by atoms with Crippen molar-refractivity contribution < 1.29 is 24.8 Å². The molecule has 0 aliphatic rings. The molecule has 0 saturated heterocycles. The molecule has 0 unspecified atom stereocenters. The van der Waals surface area contributed by atoms with Gasteiger partial charge in [0.1, 0.15) is 0 Å². The van der Waals surface area contributed by atoms with Gasteiger partial charge in [0, 0.05) is 0 Å². The van der Waals surface area contributed by atoms with Gasteiger partial charge in [0.2, 0.25) is 0 Å². The fourth-order valence-electron chi connectivity index (χ4n) is 0.843. The van der Waals surface area contributed by atoms with Crippen LogP contribution >= 0.6 is 0 Å². The van der Waals surface area contributed by atoms with Crippen LogP contribution in [-0.2, 0) is 0 Å². The monoisotopic (exact) mass is 410 g/mol. The molecule has 0 aliphatic carbocycles. The Morgan fingerprint density at radius 2 is 0.889 bits per heavy atom. The van der Waals surface area contributed by atoms with Crippen molar-refractivity contribution in [2.45, 2.75) is 37.6 Å². The molecule has 0 rings (SSSR count). The summed E-state index contributed by atoms with van der Waals surface area (Å²) in [5.41, 5.74) is 0. The van der Waals surface area contributed by atoms with Crippen LogP contribution in [0, 0.1) is 11.8 Å². The molecule has 0 aromatic rings. The molecule has 0 saturated carbocycles. The molecule has 0 amide bonds. The van der Waals surface area contributed by atoms with Gasteiger partial charge in [-0.25, -0.2) is 0 Å². The van der Waals surface area contributed by atoms with Crippen molar-refractivity contribution in [1.29, 1.82) is 0 Å². The van der Waals surface area contributed by atoms with Gasteiger partial charge in [-0.15, -0.1) is 0 Å². The van der Waals surface area contributed by atoms with Gasteiger partial charge in [0.25, 0.3) is 0 Å². The van der Waals surface area contributed by atoms with Gasteiger partial charge in [0.15, 0.2) is 0 Å². The van der Waals surface area contributed by atoms with Crippen molar-refractivity contribution in [3.8, 4) is 0 Å². The second-order valence-electron chi connectivity index (χ2n) is 5.55. The topological polar surface area (TPSA) is 6.48 Å². The molecular formula is C12H30Cl2Ga2N2. The molecule has 2 nitrogen and oxygen atoms in total. The Labute approximate surface area is 144 Å². The third kappa shape index (κ3) is 36.1. The molecule has 0 spiro atoms. The maximum Gasteiger partial charge on any atom is -1.00 e. The number of hydrogen-bond donors (Lipinski definition) is 0. The molecule has 0 heterocycles. The van der Waals surface area contributed by atoms with E-state index < -0.39 is 0 Å². The Kier molecular flexibility index (Phi) is 29.2. The van der Waals surface area contributed by atoms with Crippen LogP contribution in [0.4, 0.5) is 0 Å². The number of hydrogen-bond acceptors (Lipinski definition) is 2. The van der Waals surface area contributed by atoms with Crippen molar-refractivity contribution in [3.05, 3.63) is 0 Å². The largest absolute Gasteiger partial charge is 1.00 e. The average molecular weight is 413 g/mol. The Morgan fingerprint density at radius 3 is 0.944 bits per heavy atom. The van der Waals surface area contributed by atoms with Crippen LogP contribution in [0.1, 0.15) is 27.7 Å². The normalized spacial score (nSPS) is 9.11. The zero-order chi connectivity index (χ0) is 13.1. The first-order valence-electron chi connectivity index (χ1n) is 6.25. The van der Waals surface area contributed by atoms with Crippen LogP contribution in [0.2, 0.25) is 9.95 Å². The number of nitrogens with zero attached hydrogens (tertiary/aromatic N) is 2. The molecule has 0 radical (unpaired) electrons. The van der Waals surface area contributed by atoms with Crippen molar-refractivity contribution in [1.82, 2.24) is 7.21 Å². The van der Waals surface area contributed by atoms with E-state index >= 15 is 0 Å². The molecule has 108 valence electrons. The fraction of sp³-hybridized carbons (Fsp3) is 1.00. The van der Waals surface area contributed by atoms with Crippen LogP contribution in [0.5, 0.6) is 0 Å². The first kappa shape index (κ1) is 28.0. The van der Waals surface area contributed by atoms with E-state index in [0.717, 1.165) is 11.8 Å². The SMILES string of the molecule is CC(C)[CH2][Ga+][N](C)C.CC(C)[CH2][Ga+][N](C)C.[Cl-].[Cl-]. The van der Waals surface area contributed by atoms with E-state index in [4.69, 9.17) is 0 Å². The second kappa shape index (κ2) is 18.8. The van der Waals surface area contributed by atoms with Crippen LogP contribution in [0.3, 0.4) is 0 Å². The molecule has 18 heavy (non-hydrogen) atoms. The molecule has 0 aromatic heterocycles. The van der Waals surface area contributed by atoms with Crippen molar-refractivity contribution in [2.24, 2.45) is 11.8 Å². The Morgan fingerprint density at radius 1 is 0.667 bits per heavy atom. The van der Waals surface area contributed by atoms with E-state index in [0.29, 0.717) is 0 Å². The minimum atomic E-state index is -0.00405. The summed E-state index contributed by atoms with van der Waals surface area (Å²) in [6.45, 7) is 9.17. The zero-order valence-corrected chi connectivity index (χ0v) is 19.7. The third-order valence-corrected chi connectivity index (χ3v) is 9.79. The van der Waals surface area contributed by atoms with E-state index in [2.05, 4.69) is 63.1 Å². The molecule has 0 aliphatic heterocycles.